The largest absolute Gasteiger partial charge is 0.496 e. The SMILES string of the molecule is COc1c(C(C)C)cc2nc(NC(C)=O)sc2c1C(C)C. The molecule has 5 heteroatoms. The molecule has 1 amide bonds. The molecule has 2 rings (SSSR count). The standard InChI is InChI=1S/C16H22N2O2S/c1-8(2)11-7-12-15(13(9(3)4)14(11)20-6)21-16(18-12)17-10(5)19/h7-9H,1-6H3,(H,17,18,19). The van der Waals surface area contributed by atoms with Crippen molar-refractivity contribution in [1.82, 2.24) is 4.98 Å². The Morgan fingerprint density at radius 3 is 2.43 bits per heavy atom. The van der Waals surface area contributed by atoms with Gasteiger partial charge in [-0.05, 0) is 23.5 Å². The van der Waals surface area contributed by atoms with Gasteiger partial charge in [-0.25, -0.2) is 4.98 Å². The molecule has 114 valence electrons. The first-order valence-electron chi connectivity index (χ1n) is 7.14. The summed E-state index contributed by atoms with van der Waals surface area (Å²) < 4.78 is 6.78. The van der Waals surface area contributed by atoms with Gasteiger partial charge >= 0.3 is 0 Å². The molecule has 1 heterocycles. The number of amides is 1. The van der Waals surface area contributed by atoms with E-state index in [1.165, 1.54) is 23.8 Å². The number of thiazole rings is 1. The van der Waals surface area contributed by atoms with Crippen LogP contribution in [0.1, 0.15) is 57.6 Å². The van der Waals surface area contributed by atoms with Crippen molar-refractivity contribution in [3.8, 4) is 5.75 Å². The van der Waals surface area contributed by atoms with Crippen LogP contribution in [0.15, 0.2) is 6.07 Å². The van der Waals surface area contributed by atoms with Gasteiger partial charge in [-0.3, -0.25) is 4.79 Å². The second-order valence-electron chi connectivity index (χ2n) is 5.77. The van der Waals surface area contributed by atoms with E-state index in [1.807, 2.05) is 0 Å². The van der Waals surface area contributed by atoms with E-state index < -0.39 is 0 Å². The number of benzene rings is 1. The molecule has 0 aliphatic carbocycles. The normalized spacial score (nSPS) is 11.4. The Labute approximate surface area is 129 Å². The van der Waals surface area contributed by atoms with Crippen molar-refractivity contribution in [3.63, 3.8) is 0 Å². The number of hydrogen-bond acceptors (Lipinski definition) is 4. The van der Waals surface area contributed by atoms with E-state index >= 15 is 0 Å². The van der Waals surface area contributed by atoms with Crippen LogP contribution in [0.2, 0.25) is 0 Å². The number of rotatable bonds is 4. The van der Waals surface area contributed by atoms with Crippen molar-refractivity contribution in [2.75, 3.05) is 12.4 Å². The summed E-state index contributed by atoms with van der Waals surface area (Å²) in [6, 6.07) is 2.08. The Morgan fingerprint density at radius 2 is 1.95 bits per heavy atom. The van der Waals surface area contributed by atoms with Crippen LogP contribution in [-0.2, 0) is 4.79 Å². The molecule has 2 aromatic rings. The molecule has 1 N–H and O–H groups in total. The fraction of sp³-hybridized carbons (Fsp3) is 0.500. The number of hydrogen-bond donors (Lipinski definition) is 1. The molecule has 1 aromatic carbocycles. The molecule has 1 aromatic heterocycles. The predicted molar refractivity (Wildman–Crippen MR) is 88.7 cm³/mol. The summed E-state index contributed by atoms with van der Waals surface area (Å²) in [5.41, 5.74) is 3.26. The Balaban J connectivity index is 2.75. The van der Waals surface area contributed by atoms with E-state index in [1.54, 1.807) is 7.11 Å². The molecule has 0 unspecified atom stereocenters. The van der Waals surface area contributed by atoms with Gasteiger partial charge in [0.1, 0.15) is 5.75 Å². The highest BCUT2D eigenvalue weighted by atomic mass is 32.1. The maximum absolute atomic E-state index is 11.2. The smallest absolute Gasteiger partial charge is 0.223 e. The summed E-state index contributed by atoms with van der Waals surface area (Å²) in [5.74, 6) is 1.53. The molecule has 0 bridgehead atoms. The number of anilines is 1. The number of nitrogens with zero attached hydrogens (tertiary/aromatic N) is 1. The zero-order valence-corrected chi connectivity index (χ0v) is 14.2. The molecule has 0 aliphatic rings. The van der Waals surface area contributed by atoms with E-state index in [2.05, 4.69) is 44.1 Å². The molecule has 0 radical (unpaired) electrons. The number of ether oxygens (including phenoxy) is 1. The van der Waals surface area contributed by atoms with Gasteiger partial charge in [-0.1, -0.05) is 39.0 Å². The quantitative estimate of drug-likeness (QED) is 0.904. The zero-order chi connectivity index (χ0) is 15.7. The lowest BCUT2D eigenvalue weighted by Crippen LogP contribution is -2.04. The lowest BCUT2D eigenvalue weighted by Gasteiger charge is -2.18. The third-order valence-corrected chi connectivity index (χ3v) is 4.40. The van der Waals surface area contributed by atoms with Crippen LogP contribution in [0.3, 0.4) is 0 Å². The summed E-state index contributed by atoms with van der Waals surface area (Å²) in [7, 11) is 1.72. The van der Waals surface area contributed by atoms with E-state index in [4.69, 9.17) is 4.74 Å². The van der Waals surface area contributed by atoms with Gasteiger partial charge in [0.25, 0.3) is 0 Å². The summed E-state index contributed by atoms with van der Waals surface area (Å²) >= 11 is 1.51. The summed E-state index contributed by atoms with van der Waals surface area (Å²) in [6.45, 7) is 10.1. The minimum Gasteiger partial charge on any atom is -0.496 e. The average Bonchev–Trinajstić information content (AvgIpc) is 2.76. The molecule has 0 aliphatic heterocycles. The number of carbonyl (C=O) groups excluding carboxylic acids is 1. The highest BCUT2D eigenvalue weighted by Gasteiger charge is 2.21. The first kappa shape index (κ1) is 15.8. The second kappa shape index (κ2) is 6.02. The Kier molecular flexibility index (Phi) is 4.52. The van der Waals surface area contributed by atoms with Crippen LogP contribution in [0.5, 0.6) is 5.75 Å². The first-order valence-corrected chi connectivity index (χ1v) is 7.95. The van der Waals surface area contributed by atoms with Crippen molar-refractivity contribution in [2.45, 2.75) is 46.5 Å². The molecule has 0 saturated carbocycles. The Bertz CT molecular complexity index is 674. The monoisotopic (exact) mass is 306 g/mol. The second-order valence-corrected chi connectivity index (χ2v) is 6.77. The van der Waals surface area contributed by atoms with Crippen molar-refractivity contribution >= 4 is 32.6 Å². The van der Waals surface area contributed by atoms with Gasteiger partial charge in [-0.15, -0.1) is 0 Å². The van der Waals surface area contributed by atoms with Gasteiger partial charge in [0.15, 0.2) is 5.13 Å². The fourth-order valence-electron chi connectivity index (χ4n) is 2.48. The minimum absolute atomic E-state index is 0.101. The van der Waals surface area contributed by atoms with Crippen LogP contribution >= 0.6 is 11.3 Å². The zero-order valence-electron chi connectivity index (χ0n) is 13.4. The number of aromatic nitrogens is 1. The van der Waals surface area contributed by atoms with E-state index in [9.17, 15) is 4.79 Å². The average molecular weight is 306 g/mol. The summed E-state index contributed by atoms with van der Waals surface area (Å²) in [4.78, 5) is 15.8. The highest BCUT2D eigenvalue weighted by Crippen LogP contribution is 2.43. The maximum Gasteiger partial charge on any atom is 0.223 e. The summed E-state index contributed by atoms with van der Waals surface area (Å²) in [5, 5.41) is 3.42. The van der Waals surface area contributed by atoms with Gasteiger partial charge in [0, 0.05) is 12.5 Å². The van der Waals surface area contributed by atoms with Crippen LogP contribution in [0.25, 0.3) is 10.2 Å². The van der Waals surface area contributed by atoms with Crippen LogP contribution in [0.4, 0.5) is 5.13 Å². The number of carbonyl (C=O) groups is 1. The van der Waals surface area contributed by atoms with Gasteiger partial charge < -0.3 is 10.1 Å². The Morgan fingerprint density at radius 1 is 1.29 bits per heavy atom. The van der Waals surface area contributed by atoms with Gasteiger partial charge in [0.05, 0.1) is 17.3 Å². The van der Waals surface area contributed by atoms with Crippen molar-refractivity contribution < 1.29 is 9.53 Å². The molecule has 0 atom stereocenters. The third kappa shape index (κ3) is 3.02. The van der Waals surface area contributed by atoms with E-state index in [-0.39, 0.29) is 5.91 Å². The fourth-order valence-corrected chi connectivity index (χ4v) is 3.66. The number of fused-ring (bicyclic) bond motifs is 1. The van der Waals surface area contributed by atoms with E-state index in [0.29, 0.717) is 17.0 Å². The minimum atomic E-state index is -0.101. The molecule has 4 nitrogen and oxygen atoms in total. The first-order chi connectivity index (χ1) is 9.85. The lowest BCUT2D eigenvalue weighted by atomic mass is 9.93. The molecule has 0 saturated heterocycles. The molecule has 0 fully saturated rings. The van der Waals surface area contributed by atoms with E-state index in [0.717, 1.165) is 21.5 Å². The van der Waals surface area contributed by atoms with Crippen molar-refractivity contribution in [2.24, 2.45) is 0 Å². The van der Waals surface area contributed by atoms with Crippen molar-refractivity contribution in [1.29, 1.82) is 0 Å². The Hall–Kier alpha value is -1.62. The topological polar surface area (TPSA) is 51.2 Å². The summed E-state index contributed by atoms with van der Waals surface area (Å²) in [6.07, 6.45) is 0. The molecule has 0 spiro atoms. The maximum atomic E-state index is 11.2. The van der Waals surface area contributed by atoms with Crippen LogP contribution in [0, 0.1) is 0 Å². The van der Waals surface area contributed by atoms with Gasteiger partial charge in [0.2, 0.25) is 5.91 Å². The third-order valence-electron chi connectivity index (χ3n) is 3.38. The van der Waals surface area contributed by atoms with Crippen molar-refractivity contribution in [3.05, 3.63) is 17.2 Å². The number of methoxy groups -OCH3 is 1. The van der Waals surface area contributed by atoms with Crippen LogP contribution < -0.4 is 10.1 Å². The van der Waals surface area contributed by atoms with Crippen LogP contribution in [-0.4, -0.2) is 18.0 Å². The highest BCUT2D eigenvalue weighted by molar-refractivity contribution is 7.22. The predicted octanol–water partition coefficient (Wildman–Crippen LogP) is 4.51. The molecule has 21 heavy (non-hydrogen) atoms. The van der Waals surface area contributed by atoms with Gasteiger partial charge in [-0.2, -0.15) is 0 Å². The molecular formula is C16H22N2O2S. The lowest BCUT2D eigenvalue weighted by molar-refractivity contribution is -0.114. The number of nitrogens with one attached hydrogen (secondary N) is 1. The molecular weight excluding hydrogens is 284 g/mol.